The smallest absolute Gasteiger partial charge is 0.260 e. The van der Waals surface area contributed by atoms with Crippen LogP contribution in [0.5, 0.6) is 0 Å². The van der Waals surface area contributed by atoms with Crippen LogP contribution in [0.3, 0.4) is 0 Å². The molecule has 0 atom stereocenters. The molecule has 1 aromatic carbocycles. The first-order valence-corrected chi connectivity index (χ1v) is 23.6. The van der Waals surface area contributed by atoms with Gasteiger partial charge in [0.2, 0.25) is 11.8 Å². The van der Waals surface area contributed by atoms with E-state index in [2.05, 4.69) is 13.8 Å². The molecule has 0 saturated carbocycles. The van der Waals surface area contributed by atoms with Gasteiger partial charge in [0.05, 0.1) is 13.1 Å². The number of unbranched alkanes of at least 4 members (excludes halogenated alkanes) is 30. The molecule has 0 unspecified atom stereocenters. The van der Waals surface area contributed by atoms with Gasteiger partial charge < -0.3 is 11.5 Å². The summed E-state index contributed by atoms with van der Waals surface area (Å²) < 4.78 is 0. The number of amides is 4. The van der Waals surface area contributed by atoms with Crippen LogP contribution < -0.4 is 11.5 Å². The van der Waals surface area contributed by atoms with Gasteiger partial charge in [0.1, 0.15) is 0 Å². The molecule has 0 aliphatic carbocycles. The van der Waals surface area contributed by atoms with Crippen molar-refractivity contribution in [2.75, 3.05) is 26.2 Å². The Kier molecular flexibility index (Phi) is 33.7. The maximum Gasteiger partial charge on any atom is 0.260 e. The lowest BCUT2D eigenvalue weighted by Gasteiger charge is -2.22. The number of hydrogen-bond acceptors (Lipinski definition) is 6. The van der Waals surface area contributed by atoms with Gasteiger partial charge in [0.25, 0.3) is 11.8 Å². The van der Waals surface area contributed by atoms with E-state index in [4.69, 9.17) is 11.5 Å². The topological polar surface area (TPSA) is 127 Å². The molecule has 8 nitrogen and oxygen atoms in total. The predicted octanol–water partition coefficient (Wildman–Crippen LogP) is 12.1. The molecule has 1 rings (SSSR count). The largest absolute Gasteiger partial charge is 0.322 e. The zero-order valence-corrected chi connectivity index (χ0v) is 36.4. The summed E-state index contributed by atoms with van der Waals surface area (Å²) in [6.45, 7) is 4.70. The molecule has 0 aliphatic heterocycles. The summed E-state index contributed by atoms with van der Waals surface area (Å²) in [5.41, 5.74) is 12.0. The van der Waals surface area contributed by atoms with Crippen molar-refractivity contribution in [1.29, 1.82) is 0 Å². The second-order valence-electron chi connectivity index (χ2n) is 16.3. The number of hydrogen-bond donors (Lipinski definition) is 2. The summed E-state index contributed by atoms with van der Waals surface area (Å²) in [4.78, 5) is 54.5. The second kappa shape index (κ2) is 36.7. The normalized spacial score (nSPS) is 11.2. The van der Waals surface area contributed by atoms with Crippen LogP contribution in [0.1, 0.15) is 240 Å². The van der Waals surface area contributed by atoms with Crippen LogP contribution in [-0.2, 0) is 9.59 Å². The molecule has 0 aromatic heterocycles. The summed E-state index contributed by atoms with van der Waals surface area (Å²) in [6, 6.07) is 6.22. The fourth-order valence-electron chi connectivity index (χ4n) is 7.60. The van der Waals surface area contributed by atoms with E-state index in [1.165, 1.54) is 177 Å². The van der Waals surface area contributed by atoms with E-state index in [0.29, 0.717) is 24.2 Å². The third kappa shape index (κ3) is 25.6. The fraction of sp³-hybridized carbons (Fsp3) is 0.792. The highest BCUT2D eigenvalue weighted by molar-refractivity contribution is 6.07. The molecule has 0 aliphatic rings. The van der Waals surface area contributed by atoms with Gasteiger partial charge in [-0.15, -0.1) is 0 Å². The van der Waals surface area contributed by atoms with Gasteiger partial charge >= 0.3 is 0 Å². The van der Waals surface area contributed by atoms with Crippen LogP contribution in [-0.4, -0.2) is 59.6 Å². The summed E-state index contributed by atoms with van der Waals surface area (Å²) in [7, 11) is 0. The van der Waals surface area contributed by atoms with Gasteiger partial charge in [-0.1, -0.05) is 206 Å². The highest BCUT2D eigenvalue weighted by Crippen LogP contribution is 2.17. The number of carbonyl (C=O) groups excluding carboxylic acids is 4. The molecule has 0 spiro atoms. The summed E-state index contributed by atoms with van der Waals surface area (Å²) in [5.74, 6) is -1.64. The highest BCUT2D eigenvalue weighted by Gasteiger charge is 2.24. The minimum absolute atomic E-state index is 0.239. The van der Waals surface area contributed by atoms with Gasteiger partial charge in [-0.05, 0) is 37.1 Å². The minimum atomic E-state index is -0.413. The Morgan fingerprint density at radius 3 is 0.750 bits per heavy atom. The molecule has 56 heavy (non-hydrogen) atoms. The van der Waals surface area contributed by atoms with E-state index >= 15 is 0 Å². The SMILES string of the molecule is CCCCCCCCCCCCCCCCCCN(C(=O)CN)C(=O)c1ccc(C(=O)N(CCCCCCCCCCCCCCCCCC)C(=O)CN)cc1. The first-order valence-electron chi connectivity index (χ1n) is 23.6. The Bertz CT molecular complexity index is 1040. The molecular weight excluding hydrogens is 697 g/mol. The Labute approximate surface area is 344 Å². The molecule has 0 heterocycles. The lowest BCUT2D eigenvalue weighted by atomic mass is 10.0. The van der Waals surface area contributed by atoms with Gasteiger partial charge in [-0.3, -0.25) is 29.0 Å². The molecule has 1 aromatic rings. The number of rotatable bonds is 38. The van der Waals surface area contributed by atoms with Crippen LogP contribution in [0.25, 0.3) is 0 Å². The number of nitrogens with two attached hydrogens (primary N) is 2. The van der Waals surface area contributed by atoms with Crippen molar-refractivity contribution in [1.82, 2.24) is 9.80 Å². The summed E-state index contributed by atoms with van der Waals surface area (Å²) in [5, 5.41) is 0. The van der Waals surface area contributed by atoms with Gasteiger partial charge in [-0.2, -0.15) is 0 Å². The van der Waals surface area contributed by atoms with Crippen molar-refractivity contribution in [2.45, 2.75) is 219 Å². The molecule has 0 saturated heterocycles. The molecular formula is C48H86N4O4. The first kappa shape index (κ1) is 51.4. The van der Waals surface area contributed by atoms with E-state index in [0.717, 1.165) is 38.5 Å². The molecule has 4 N–H and O–H groups in total. The summed E-state index contributed by atoms with van der Waals surface area (Å²) >= 11 is 0. The van der Waals surface area contributed by atoms with Crippen molar-refractivity contribution in [3.05, 3.63) is 35.4 Å². The highest BCUT2D eigenvalue weighted by atomic mass is 16.2. The minimum Gasteiger partial charge on any atom is -0.322 e. The monoisotopic (exact) mass is 783 g/mol. The first-order chi connectivity index (χ1) is 27.4. The lowest BCUT2D eigenvalue weighted by Crippen LogP contribution is -2.42. The Morgan fingerprint density at radius 1 is 0.357 bits per heavy atom. The predicted molar refractivity (Wildman–Crippen MR) is 236 cm³/mol. The third-order valence-electron chi connectivity index (χ3n) is 11.3. The second-order valence-corrected chi connectivity index (χ2v) is 16.3. The zero-order valence-electron chi connectivity index (χ0n) is 36.4. The van der Waals surface area contributed by atoms with Gasteiger partial charge in [0.15, 0.2) is 0 Å². The van der Waals surface area contributed by atoms with Crippen LogP contribution >= 0.6 is 0 Å². The molecule has 0 bridgehead atoms. The number of imide groups is 2. The zero-order chi connectivity index (χ0) is 40.9. The van der Waals surface area contributed by atoms with E-state index in [1.54, 1.807) is 24.3 Å². The van der Waals surface area contributed by atoms with Crippen LogP contribution in [0.4, 0.5) is 0 Å². The Hall–Kier alpha value is -2.58. The van der Waals surface area contributed by atoms with E-state index in [9.17, 15) is 19.2 Å². The van der Waals surface area contributed by atoms with Crippen molar-refractivity contribution < 1.29 is 19.2 Å². The van der Waals surface area contributed by atoms with Crippen molar-refractivity contribution in [2.24, 2.45) is 11.5 Å². The van der Waals surface area contributed by atoms with Gasteiger partial charge in [-0.25, -0.2) is 0 Å². The molecule has 0 fully saturated rings. The standard InChI is InChI=1S/C48H86N4O4/c1-3-5-7-9-11-13-15-17-19-21-23-25-27-29-31-33-39-51(45(53)41-49)47(55)43-35-37-44(38-36-43)48(56)52(46(54)42-50)40-34-32-30-28-26-24-22-20-18-16-14-12-10-8-6-4-2/h35-38H,3-34,39-42,49-50H2,1-2H3. The summed E-state index contributed by atoms with van der Waals surface area (Å²) in [6.07, 6.45) is 40.2. The molecule has 322 valence electrons. The van der Waals surface area contributed by atoms with Crippen molar-refractivity contribution >= 4 is 23.6 Å². The van der Waals surface area contributed by atoms with Gasteiger partial charge in [0, 0.05) is 24.2 Å². The van der Waals surface area contributed by atoms with Crippen molar-refractivity contribution in [3.63, 3.8) is 0 Å². The van der Waals surface area contributed by atoms with E-state index in [-0.39, 0.29) is 13.1 Å². The average Bonchev–Trinajstić information content (AvgIpc) is 3.22. The lowest BCUT2D eigenvalue weighted by molar-refractivity contribution is -0.128. The fourth-order valence-corrected chi connectivity index (χ4v) is 7.60. The van der Waals surface area contributed by atoms with Crippen molar-refractivity contribution in [3.8, 4) is 0 Å². The third-order valence-corrected chi connectivity index (χ3v) is 11.3. The Balaban J connectivity index is 2.35. The molecule has 0 radical (unpaired) electrons. The maximum absolute atomic E-state index is 13.4. The van der Waals surface area contributed by atoms with E-state index in [1.807, 2.05) is 0 Å². The maximum atomic E-state index is 13.4. The average molecular weight is 783 g/mol. The Morgan fingerprint density at radius 2 is 0.554 bits per heavy atom. The van der Waals surface area contributed by atoms with E-state index < -0.39 is 23.6 Å². The molecule has 8 heteroatoms. The molecule has 4 amide bonds. The number of nitrogens with zero attached hydrogens (tertiary/aromatic N) is 2. The number of carbonyl (C=O) groups is 4. The van der Waals surface area contributed by atoms with Crippen LogP contribution in [0.2, 0.25) is 0 Å². The number of benzene rings is 1. The van der Waals surface area contributed by atoms with Crippen LogP contribution in [0, 0.1) is 0 Å². The van der Waals surface area contributed by atoms with Crippen LogP contribution in [0.15, 0.2) is 24.3 Å². The quantitative estimate of drug-likeness (QED) is 0.0643.